The molecule has 0 bridgehead atoms. The van der Waals surface area contributed by atoms with Crippen LogP contribution in [0.25, 0.3) is 0 Å². The highest BCUT2D eigenvalue weighted by atomic mass is 32.2. The lowest BCUT2D eigenvalue weighted by molar-refractivity contribution is -0.145. The van der Waals surface area contributed by atoms with E-state index in [4.69, 9.17) is 17.0 Å². The largest absolute Gasteiger partial charge is 0.469 e. The minimum Gasteiger partial charge on any atom is -0.469 e. The summed E-state index contributed by atoms with van der Waals surface area (Å²) in [5.74, 6) is 0.0780. The normalized spacial score (nSPS) is 19.3. The van der Waals surface area contributed by atoms with Gasteiger partial charge in [-0.15, -0.1) is 0 Å². The number of rotatable bonds is 5. The number of nitrogens with zero attached hydrogens (tertiary/aromatic N) is 1. The highest BCUT2D eigenvalue weighted by Gasteiger charge is 2.32. The van der Waals surface area contributed by atoms with E-state index in [9.17, 15) is 9.59 Å². The van der Waals surface area contributed by atoms with Gasteiger partial charge in [0, 0.05) is 5.75 Å². The molecule has 17 heavy (non-hydrogen) atoms. The lowest BCUT2D eigenvalue weighted by Gasteiger charge is -2.23. The van der Waals surface area contributed by atoms with Gasteiger partial charge >= 0.3 is 11.9 Å². The van der Waals surface area contributed by atoms with Gasteiger partial charge in [0.2, 0.25) is 0 Å². The first-order valence-corrected chi connectivity index (χ1v) is 6.63. The van der Waals surface area contributed by atoms with Crippen molar-refractivity contribution >= 4 is 40.2 Å². The molecular weight excluding hydrogens is 262 g/mol. The third-order valence-electron chi connectivity index (χ3n) is 2.31. The molecule has 7 heteroatoms. The summed E-state index contributed by atoms with van der Waals surface area (Å²) in [7, 11) is 1.35. The maximum atomic E-state index is 11.4. The van der Waals surface area contributed by atoms with E-state index in [2.05, 4.69) is 4.74 Å². The molecule has 0 radical (unpaired) electrons. The molecule has 0 aromatic carbocycles. The number of hydrogen-bond acceptors (Lipinski definition) is 6. The summed E-state index contributed by atoms with van der Waals surface area (Å²) in [6.07, 6.45) is 0.239. The number of thiocarbonyl (C=S) groups is 1. The van der Waals surface area contributed by atoms with Crippen LogP contribution in [-0.2, 0) is 19.1 Å². The molecule has 0 aliphatic carbocycles. The van der Waals surface area contributed by atoms with Crippen LogP contribution < -0.4 is 0 Å². The van der Waals surface area contributed by atoms with Gasteiger partial charge in [-0.2, -0.15) is 0 Å². The predicted octanol–water partition coefficient (Wildman–Crippen LogP) is 0.815. The highest BCUT2D eigenvalue weighted by Crippen LogP contribution is 2.26. The van der Waals surface area contributed by atoms with Gasteiger partial charge in [0.1, 0.15) is 10.9 Å². The molecule has 5 nitrogen and oxygen atoms in total. The third kappa shape index (κ3) is 4.16. The average molecular weight is 277 g/mol. The highest BCUT2D eigenvalue weighted by molar-refractivity contribution is 8.23. The van der Waals surface area contributed by atoms with Crippen LogP contribution in [0.1, 0.15) is 13.3 Å². The molecule has 1 heterocycles. The van der Waals surface area contributed by atoms with Gasteiger partial charge in [0.15, 0.2) is 0 Å². The van der Waals surface area contributed by atoms with Crippen LogP contribution in [0.2, 0.25) is 0 Å². The Bertz CT molecular complexity index is 321. The zero-order valence-electron chi connectivity index (χ0n) is 9.80. The Hall–Kier alpha value is -0.820. The Morgan fingerprint density at radius 3 is 2.82 bits per heavy atom. The van der Waals surface area contributed by atoms with Crippen LogP contribution in [0.5, 0.6) is 0 Å². The second kappa shape index (κ2) is 6.80. The minimum absolute atomic E-state index is 0.0793. The summed E-state index contributed by atoms with van der Waals surface area (Å²) in [6.45, 7) is 2.19. The van der Waals surface area contributed by atoms with Crippen molar-refractivity contribution in [3.8, 4) is 0 Å². The fourth-order valence-corrected chi connectivity index (χ4v) is 2.90. The van der Waals surface area contributed by atoms with Gasteiger partial charge < -0.3 is 14.4 Å². The first kappa shape index (κ1) is 14.2. The smallest absolute Gasteiger partial charge is 0.325 e. The number of ether oxygens (including phenoxy) is 2. The van der Waals surface area contributed by atoms with E-state index < -0.39 is 0 Å². The number of carbonyl (C=O) groups is 2. The maximum absolute atomic E-state index is 11.4. The molecule has 1 fully saturated rings. The van der Waals surface area contributed by atoms with E-state index in [0.717, 1.165) is 0 Å². The Morgan fingerprint density at radius 2 is 2.24 bits per heavy atom. The molecule has 1 saturated heterocycles. The number of methoxy groups -OCH3 is 1. The summed E-state index contributed by atoms with van der Waals surface area (Å²) in [6, 6.07) is -0.0793. The maximum Gasteiger partial charge on any atom is 0.325 e. The molecule has 0 aromatic heterocycles. The van der Waals surface area contributed by atoms with E-state index in [1.165, 1.54) is 18.9 Å². The van der Waals surface area contributed by atoms with Gasteiger partial charge in [-0.05, 0) is 6.92 Å². The van der Waals surface area contributed by atoms with Gasteiger partial charge in [0.25, 0.3) is 0 Å². The molecule has 0 spiro atoms. The summed E-state index contributed by atoms with van der Waals surface area (Å²) >= 11 is 6.61. The molecule has 0 amide bonds. The van der Waals surface area contributed by atoms with E-state index in [1.807, 2.05) is 0 Å². The Balaban J connectivity index is 2.56. The standard InChI is InChI=1S/C10H15NO4S2/c1-3-15-9(13)5-11-7(4-8(12)14-2)6-17-10(11)16/h7H,3-6H2,1-2H3. The van der Waals surface area contributed by atoms with Crippen molar-refractivity contribution in [2.24, 2.45) is 0 Å². The van der Waals surface area contributed by atoms with Crippen molar-refractivity contribution in [1.82, 2.24) is 4.90 Å². The molecule has 0 N–H and O–H groups in total. The summed E-state index contributed by atoms with van der Waals surface area (Å²) in [5.41, 5.74) is 0. The molecule has 0 saturated carbocycles. The van der Waals surface area contributed by atoms with E-state index >= 15 is 0 Å². The number of hydrogen-bond donors (Lipinski definition) is 0. The van der Waals surface area contributed by atoms with Gasteiger partial charge in [-0.1, -0.05) is 24.0 Å². The summed E-state index contributed by atoms with van der Waals surface area (Å²) in [5, 5.41) is 0. The quantitative estimate of drug-likeness (QED) is 0.544. The van der Waals surface area contributed by atoms with Crippen LogP contribution in [0.4, 0.5) is 0 Å². The second-order valence-corrected chi connectivity index (χ2v) is 5.10. The number of carbonyl (C=O) groups excluding carboxylic acids is 2. The van der Waals surface area contributed by atoms with Crippen molar-refractivity contribution in [1.29, 1.82) is 0 Å². The summed E-state index contributed by atoms with van der Waals surface area (Å²) in [4.78, 5) is 24.3. The van der Waals surface area contributed by atoms with Crippen LogP contribution in [-0.4, -0.2) is 53.2 Å². The Morgan fingerprint density at radius 1 is 1.53 bits per heavy atom. The first-order chi connectivity index (χ1) is 8.08. The van der Waals surface area contributed by atoms with E-state index in [1.54, 1.807) is 11.8 Å². The molecule has 96 valence electrons. The lowest BCUT2D eigenvalue weighted by atomic mass is 10.2. The molecule has 1 aliphatic heterocycles. The zero-order valence-corrected chi connectivity index (χ0v) is 11.4. The van der Waals surface area contributed by atoms with Crippen molar-refractivity contribution in [2.45, 2.75) is 19.4 Å². The van der Waals surface area contributed by atoms with Crippen LogP contribution >= 0.6 is 24.0 Å². The van der Waals surface area contributed by atoms with Crippen LogP contribution in [0.3, 0.4) is 0 Å². The topological polar surface area (TPSA) is 55.8 Å². The molecular formula is C10H15NO4S2. The monoisotopic (exact) mass is 277 g/mol. The van der Waals surface area contributed by atoms with Crippen molar-refractivity contribution in [3.05, 3.63) is 0 Å². The van der Waals surface area contributed by atoms with Gasteiger partial charge in [-0.25, -0.2) is 0 Å². The fraction of sp³-hybridized carbons (Fsp3) is 0.700. The SMILES string of the molecule is CCOC(=O)CN1C(=S)SCC1CC(=O)OC. The first-order valence-electron chi connectivity index (χ1n) is 5.24. The average Bonchev–Trinajstić information content (AvgIpc) is 2.61. The van der Waals surface area contributed by atoms with Crippen LogP contribution in [0, 0.1) is 0 Å². The molecule has 1 rings (SSSR count). The van der Waals surface area contributed by atoms with E-state index in [0.29, 0.717) is 16.7 Å². The molecule has 1 aliphatic rings. The van der Waals surface area contributed by atoms with Crippen molar-refractivity contribution < 1.29 is 19.1 Å². The van der Waals surface area contributed by atoms with Gasteiger partial charge in [-0.3, -0.25) is 9.59 Å². The third-order valence-corrected chi connectivity index (χ3v) is 3.93. The lowest BCUT2D eigenvalue weighted by Crippen LogP contribution is -2.39. The second-order valence-electron chi connectivity index (χ2n) is 3.44. The molecule has 1 unspecified atom stereocenters. The molecule has 0 aromatic rings. The Kier molecular flexibility index (Phi) is 5.70. The van der Waals surface area contributed by atoms with Crippen molar-refractivity contribution in [2.75, 3.05) is 26.0 Å². The minimum atomic E-state index is -0.327. The zero-order chi connectivity index (χ0) is 12.8. The summed E-state index contributed by atoms with van der Waals surface area (Å²) < 4.78 is 10.1. The van der Waals surface area contributed by atoms with E-state index in [-0.39, 0.29) is 30.9 Å². The Labute approximate surface area is 110 Å². The molecule has 1 atom stereocenters. The number of esters is 2. The van der Waals surface area contributed by atoms with Crippen molar-refractivity contribution in [3.63, 3.8) is 0 Å². The number of thioether (sulfide) groups is 1. The fourth-order valence-electron chi connectivity index (χ4n) is 1.47. The van der Waals surface area contributed by atoms with Gasteiger partial charge in [0.05, 0.1) is 26.2 Å². The predicted molar refractivity (Wildman–Crippen MR) is 68.8 cm³/mol. The van der Waals surface area contributed by atoms with Crippen LogP contribution in [0.15, 0.2) is 0 Å².